The Morgan fingerprint density at radius 3 is 2.76 bits per heavy atom. The fourth-order valence-electron chi connectivity index (χ4n) is 3.80. The van der Waals surface area contributed by atoms with E-state index in [1.165, 1.54) is 23.0 Å². The van der Waals surface area contributed by atoms with Crippen LogP contribution in [0, 0.1) is 5.92 Å². The molecule has 2 fully saturated rings. The van der Waals surface area contributed by atoms with Crippen molar-refractivity contribution in [2.24, 2.45) is 5.92 Å². The normalized spacial score (nSPS) is 21.3. The van der Waals surface area contributed by atoms with Crippen molar-refractivity contribution in [3.05, 3.63) is 48.8 Å². The van der Waals surface area contributed by atoms with Gasteiger partial charge in [0.05, 0.1) is 17.8 Å². The highest BCUT2D eigenvalue weighted by molar-refractivity contribution is 8.03. The van der Waals surface area contributed by atoms with Crippen LogP contribution in [-0.2, 0) is 4.79 Å². The van der Waals surface area contributed by atoms with Crippen LogP contribution < -0.4 is 10.1 Å². The molecule has 7 heteroatoms. The van der Waals surface area contributed by atoms with Crippen molar-refractivity contribution in [3.8, 4) is 11.5 Å². The van der Waals surface area contributed by atoms with Gasteiger partial charge < -0.3 is 10.1 Å². The fourth-order valence-corrected chi connectivity index (χ4v) is 6.42. The van der Waals surface area contributed by atoms with Gasteiger partial charge in [-0.2, -0.15) is 23.5 Å². The second-order valence-electron chi connectivity index (χ2n) is 7.41. The van der Waals surface area contributed by atoms with Crippen LogP contribution >= 0.6 is 23.5 Å². The lowest BCUT2D eigenvalue weighted by Crippen LogP contribution is -2.47. The lowest BCUT2D eigenvalue weighted by molar-refractivity contribution is -0.121. The highest BCUT2D eigenvalue weighted by Gasteiger charge is 2.30. The van der Waals surface area contributed by atoms with E-state index in [4.69, 9.17) is 4.74 Å². The van der Waals surface area contributed by atoms with E-state index in [0.717, 1.165) is 25.9 Å². The number of carbonyl (C=O) groups is 1. The molecule has 1 amide bonds. The van der Waals surface area contributed by atoms with Crippen LogP contribution in [0.2, 0.25) is 0 Å². The van der Waals surface area contributed by atoms with E-state index in [2.05, 4.69) is 15.2 Å². The molecule has 3 heterocycles. The number of aromatic nitrogens is 1. The molecule has 0 spiro atoms. The van der Waals surface area contributed by atoms with Crippen LogP contribution in [-0.4, -0.2) is 57.9 Å². The number of amides is 1. The first-order valence-corrected chi connectivity index (χ1v) is 12.5. The Morgan fingerprint density at radius 2 is 1.97 bits per heavy atom. The zero-order chi connectivity index (χ0) is 19.9. The minimum absolute atomic E-state index is 0.0217. The van der Waals surface area contributed by atoms with Crippen molar-refractivity contribution < 1.29 is 9.53 Å². The molecule has 2 aliphatic rings. The number of benzene rings is 1. The summed E-state index contributed by atoms with van der Waals surface area (Å²) in [7, 11) is 0. The van der Waals surface area contributed by atoms with Crippen LogP contribution in [0.25, 0.3) is 0 Å². The average Bonchev–Trinajstić information content (AvgIpc) is 3.06. The second-order valence-corrected chi connectivity index (χ2v) is 9.71. The maximum atomic E-state index is 13.1. The molecule has 0 unspecified atom stereocenters. The summed E-state index contributed by atoms with van der Waals surface area (Å²) < 4.78 is 5.93. The van der Waals surface area contributed by atoms with Crippen molar-refractivity contribution in [1.29, 1.82) is 0 Å². The lowest BCUT2D eigenvalue weighted by Gasteiger charge is -2.37. The molecule has 0 aliphatic carbocycles. The predicted molar refractivity (Wildman–Crippen MR) is 122 cm³/mol. The Labute approximate surface area is 181 Å². The topological polar surface area (TPSA) is 54.5 Å². The highest BCUT2D eigenvalue weighted by Crippen LogP contribution is 2.30. The number of rotatable bonds is 5. The Kier molecular flexibility index (Phi) is 7.35. The van der Waals surface area contributed by atoms with Gasteiger partial charge in [-0.15, -0.1) is 0 Å². The Morgan fingerprint density at radius 1 is 1.14 bits per heavy atom. The van der Waals surface area contributed by atoms with E-state index < -0.39 is 0 Å². The average molecular weight is 430 g/mol. The van der Waals surface area contributed by atoms with Crippen LogP contribution in [0.4, 0.5) is 5.69 Å². The number of para-hydroxylation sites is 2. The summed E-state index contributed by atoms with van der Waals surface area (Å²) in [5.74, 6) is 6.25. The number of hydrogen-bond acceptors (Lipinski definition) is 6. The number of hydrogen-bond donors (Lipinski definition) is 1. The molecule has 1 atom stereocenters. The van der Waals surface area contributed by atoms with Gasteiger partial charge in [-0.05, 0) is 43.7 Å². The number of carbonyl (C=O) groups excluding carboxylic acids is 1. The van der Waals surface area contributed by atoms with Crippen molar-refractivity contribution in [1.82, 2.24) is 9.88 Å². The SMILES string of the molecule is O=C(Nc1ccccc1Oc1cccnc1)[C@@H]1CCCN(C2CSCCSC2)C1. The van der Waals surface area contributed by atoms with E-state index in [9.17, 15) is 4.79 Å². The van der Waals surface area contributed by atoms with Gasteiger partial charge in [-0.1, -0.05) is 12.1 Å². The Hall–Kier alpha value is -1.70. The van der Waals surface area contributed by atoms with E-state index >= 15 is 0 Å². The van der Waals surface area contributed by atoms with Crippen LogP contribution in [0.1, 0.15) is 12.8 Å². The summed E-state index contributed by atoms with van der Waals surface area (Å²) in [6.45, 7) is 1.96. The second kappa shape index (κ2) is 10.4. The highest BCUT2D eigenvalue weighted by atomic mass is 32.2. The number of ether oxygens (including phenoxy) is 1. The predicted octanol–water partition coefficient (Wildman–Crippen LogP) is 4.37. The molecule has 2 saturated heterocycles. The number of thioether (sulfide) groups is 2. The number of piperidine rings is 1. The van der Waals surface area contributed by atoms with Crippen LogP contribution in [0.5, 0.6) is 11.5 Å². The molecular weight excluding hydrogens is 402 g/mol. The van der Waals surface area contributed by atoms with E-state index in [1.807, 2.05) is 59.9 Å². The monoisotopic (exact) mass is 429 g/mol. The zero-order valence-electron chi connectivity index (χ0n) is 16.5. The van der Waals surface area contributed by atoms with Gasteiger partial charge in [-0.3, -0.25) is 14.7 Å². The first-order valence-electron chi connectivity index (χ1n) is 10.2. The summed E-state index contributed by atoms with van der Waals surface area (Å²) in [5.41, 5.74) is 0.707. The molecule has 4 rings (SSSR count). The third-order valence-corrected chi connectivity index (χ3v) is 7.82. The standard InChI is InChI=1S/C22H27N3O2S2/c26-22(17-5-4-10-25(14-17)18-15-28-11-12-29-16-18)24-20-7-1-2-8-21(20)27-19-6-3-9-23-13-19/h1-3,6-9,13,17-18H,4-5,10-12,14-16H2,(H,24,26)/t17-/m1/s1. The van der Waals surface area contributed by atoms with Crippen LogP contribution in [0.15, 0.2) is 48.8 Å². The molecule has 2 aromatic rings. The number of nitrogens with zero attached hydrogens (tertiary/aromatic N) is 2. The Balaban J connectivity index is 1.40. The minimum atomic E-state index is 0.0217. The third-order valence-electron chi connectivity index (χ3n) is 5.34. The molecule has 5 nitrogen and oxygen atoms in total. The number of likely N-dealkylation sites (tertiary alicyclic amines) is 1. The quantitative estimate of drug-likeness (QED) is 0.762. The molecule has 1 aromatic carbocycles. The molecule has 1 N–H and O–H groups in total. The molecule has 154 valence electrons. The van der Waals surface area contributed by atoms with Gasteiger partial charge in [0.1, 0.15) is 5.75 Å². The van der Waals surface area contributed by atoms with Gasteiger partial charge >= 0.3 is 0 Å². The summed E-state index contributed by atoms with van der Waals surface area (Å²) >= 11 is 4.10. The summed E-state index contributed by atoms with van der Waals surface area (Å²) in [6, 6.07) is 11.9. The third kappa shape index (κ3) is 5.68. The number of pyridine rings is 1. The molecule has 0 bridgehead atoms. The molecule has 0 saturated carbocycles. The van der Waals surface area contributed by atoms with E-state index in [-0.39, 0.29) is 11.8 Å². The summed E-state index contributed by atoms with van der Waals surface area (Å²) in [6.07, 6.45) is 5.40. The van der Waals surface area contributed by atoms with Gasteiger partial charge in [-0.25, -0.2) is 0 Å². The van der Waals surface area contributed by atoms with Gasteiger partial charge in [0.25, 0.3) is 0 Å². The van der Waals surface area contributed by atoms with Crippen molar-refractivity contribution in [3.63, 3.8) is 0 Å². The molecule has 1 aromatic heterocycles. The van der Waals surface area contributed by atoms with Crippen molar-refractivity contribution >= 4 is 35.1 Å². The number of anilines is 1. The fraction of sp³-hybridized carbons (Fsp3) is 0.455. The summed E-state index contributed by atoms with van der Waals surface area (Å²) in [5, 5.41) is 3.11. The lowest BCUT2D eigenvalue weighted by atomic mass is 9.96. The van der Waals surface area contributed by atoms with Gasteiger partial charge in [0, 0.05) is 41.8 Å². The molecule has 29 heavy (non-hydrogen) atoms. The summed E-state index contributed by atoms with van der Waals surface area (Å²) in [4.78, 5) is 19.7. The smallest absolute Gasteiger partial charge is 0.228 e. The molecule has 0 radical (unpaired) electrons. The zero-order valence-corrected chi connectivity index (χ0v) is 18.1. The van der Waals surface area contributed by atoms with Gasteiger partial charge in [0.2, 0.25) is 5.91 Å². The van der Waals surface area contributed by atoms with E-state index in [1.54, 1.807) is 12.4 Å². The maximum Gasteiger partial charge on any atom is 0.228 e. The van der Waals surface area contributed by atoms with Crippen LogP contribution in [0.3, 0.4) is 0 Å². The first kappa shape index (κ1) is 20.6. The Bertz CT molecular complexity index is 798. The molecule has 2 aliphatic heterocycles. The minimum Gasteiger partial charge on any atom is -0.454 e. The number of nitrogens with one attached hydrogen (secondary N) is 1. The van der Waals surface area contributed by atoms with E-state index in [0.29, 0.717) is 23.2 Å². The van der Waals surface area contributed by atoms with Gasteiger partial charge in [0.15, 0.2) is 5.75 Å². The van der Waals surface area contributed by atoms with Crippen molar-refractivity contribution in [2.75, 3.05) is 41.4 Å². The van der Waals surface area contributed by atoms with Crippen molar-refractivity contribution in [2.45, 2.75) is 18.9 Å². The molecular formula is C22H27N3O2S2. The maximum absolute atomic E-state index is 13.1. The largest absolute Gasteiger partial charge is 0.454 e. The first-order chi connectivity index (χ1) is 14.3.